The minimum atomic E-state index is -3.60. The predicted octanol–water partition coefficient (Wildman–Crippen LogP) is 6.86. The molecule has 7 nitrogen and oxygen atoms in total. The van der Waals surface area contributed by atoms with Crippen LogP contribution in [0.25, 0.3) is 0 Å². The Hall–Kier alpha value is -3.07. The molecule has 236 valence electrons. The fourth-order valence-corrected chi connectivity index (χ4v) is 7.27. The van der Waals surface area contributed by atoms with Gasteiger partial charge in [0.05, 0.1) is 11.9 Å². The molecule has 3 aromatic carbocycles. The zero-order valence-electron chi connectivity index (χ0n) is 25.6. The van der Waals surface area contributed by atoms with Gasteiger partial charge in [0.15, 0.2) is 0 Å². The van der Waals surface area contributed by atoms with E-state index in [1.807, 2.05) is 62.4 Å². The Morgan fingerprint density at radius 3 is 2.23 bits per heavy atom. The van der Waals surface area contributed by atoms with Crippen LogP contribution < -0.4 is 9.62 Å². The Balaban J connectivity index is 1.62. The minimum Gasteiger partial charge on any atom is -0.352 e. The van der Waals surface area contributed by atoms with Crippen LogP contribution in [0.15, 0.2) is 66.7 Å². The first-order valence-electron chi connectivity index (χ1n) is 15.0. The fraction of sp³-hybridized carbons (Fsp3) is 0.412. The molecule has 0 heterocycles. The lowest BCUT2D eigenvalue weighted by molar-refractivity contribution is -0.141. The molecule has 0 aromatic heterocycles. The van der Waals surface area contributed by atoms with E-state index >= 15 is 0 Å². The normalized spacial score (nSPS) is 14.3. The van der Waals surface area contributed by atoms with Crippen molar-refractivity contribution >= 4 is 50.7 Å². The summed E-state index contributed by atoms with van der Waals surface area (Å²) in [6.45, 7) is 4.07. The molecule has 2 amide bonds. The lowest BCUT2D eigenvalue weighted by Gasteiger charge is -2.33. The summed E-state index contributed by atoms with van der Waals surface area (Å²) in [5, 5.41) is 4.08. The number of nitrogens with one attached hydrogen (secondary N) is 1. The number of benzene rings is 3. The maximum absolute atomic E-state index is 14.1. The standard InChI is InChI=1S/C34H41Cl2N3O4S/c1-24-18-25(2)20-30(19-24)39(44(3,42)43)17-9-14-33(40)38(23-27-15-16-28(35)22-31(27)36)32(21-26-10-5-4-6-11-26)34(41)37-29-12-7-8-13-29/h4-6,10-11,15-16,18-20,22,29,32H,7-9,12-14,17,21,23H2,1-3H3,(H,37,41). The lowest BCUT2D eigenvalue weighted by atomic mass is 10.0. The molecule has 1 N–H and O–H groups in total. The van der Waals surface area contributed by atoms with E-state index < -0.39 is 16.1 Å². The van der Waals surface area contributed by atoms with Gasteiger partial charge in [-0.1, -0.05) is 78.5 Å². The molecule has 1 unspecified atom stereocenters. The number of amides is 2. The summed E-state index contributed by atoms with van der Waals surface area (Å²) < 4.78 is 26.9. The molecule has 1 saturated carbocycles. The van der Waals surface area contributed by atoms with Crippen molar-refractivity contribution in [1.29, 1.82) is 0 Å². The molecule has 0 aliphatic heterocycles. The van der Waals surface area contributed by atoms with Crippen molar-refractivity contribution < 1.29 is 18.0 Å². The van der Waals surface area contributed by atoms with Gasteiger partial charge < -0.3 is 10.2 Å². The van der Waals surface area contributed by atoms with E-state index in [1.54, 1.807) is 23.1 Å². The number of anilines is 1. The number of hydrogen-bond acceptors (Lipinski definition) is 4. The van der Waals surface area contributed by atoms with Crippen LogP contribution in [0.1, 0.15) is 60.8 Å². The van der Waals surface area contributed by atoms with Crippen molar-refractivity contribution in [2.45, 2.75) is 77.4 Å². The highest BCUT2D eigenvalue weighted by Gasteiger charge is 2.32. The van der Waals surface area contributed by atoms with Crippen LogP contribution in [0.5, 0.6) is 0 Å². The van der Waals surface area contributed by atoms with Crippen molar-refractivity contribution in [1.82, 2.24) is 10.2 Å². The summed E-state index contributed by atoms with van der Waals surface area (Å²) in [5.41, 5.74) is 4.07. The van der Waals surface area contributed by atoms with Gasteiger partial charge >= 0.3 is 0 Å². The van der Waals surface area contributed by atoms with Crippen LogP contribution in [0.3, 0.4) is 0 Å². The highest BCUT2D eigenvalue weighted by atomic mass is 35.5. The maximum atomic E-state index is 14.1. The highest BCUT2D eigenvalue weighted by Crippen LogP contribution is 2.26. The van der Waals surface area contributed by atoms with Crippen molar-refractivity contribution in [2.24, 2.45) is 0 Å². The number of halogens is 2. The molecule has 1 aliphatic rings. The SMILES string of the molecule is Cc1cc(C)cc(N(CCCC(=O)N(Cc2ccc(Cl)cc2Cl)C(Cc2ccccc2)C(=O)NC2CCCC2)S(C)(=O)=O)c1. The molecule has 4 rings (SSSR count). The van der Waals surface area contributed by atoms with Crippen LogP contribution in [0.2, 0.25) is 10.0 Å². The smallest absolute Gasteiger partial charge is 0.243 e. The zero-order chi connectivity index (χ0) is 31.9. The molecule has 1 fully saturated rings. The molecule has 1 atom stereocenters. The Morgan fingerprint density at radius 2 is 1.61 bits per heavy atom. The molecule has 3 aromatic rings. The number of carbonyl (C=O) groups is 2. The second-order valence-corrected chi connectivity index (χ2v) is 14.5. The van der Waals surface area contributed by atoms with Gasteiger partial charge in [0.1, 0.15) is 6.04 Å². The number of aryl methyl sites for hydroxylation is 2. The number of rotatable bonds is 13. The summed E-state index contributed by atoms with van der Waals surface area (Å²) in [4.78, 5) is 29.6. The maximum Gasteiger partial charge on any atom is 0.243 e. The van der Waals surface area contributed by atoms with E-state index in [4.69, 9.17) is 23.2 Å². The summed E-state index contributed by atoms with van der Waals surface area (Å²) >= 11 is 12.7. The second kappa shape index (κ2) is 15.3. The zero-order valence-corrected chi connectivity index (χ0v) is 27.9. The molecule has 44 heavy (non-hydrogen) atoms. The third kappa shape index (κ3) is 9.46. The highest BCUT2D eigenvalue weighted by molar-refractivity contribution is 7.92. The number of nitrogens with zero attached hydrogens (tertiary/aromatic N) is 2. The monoisotopic (exact) mass is 657 g/mol. The van der Waals surface area contributed by atoms with Gasteiger partial charge in [-0.25, -0.2) is 8.42 Å². The average Bonchev–Trinajstić information content (AvgIpc) is 3.46. The molecule has 0 radical (unpaired) electrons. The van der Waals surface area contributed by atoms with Crippen molar-refractivity contribution in [3.8, 4) is 0 Å². The average molecular weight is 659 g/mol. The van der Waals surface area contributed by atoms with Gasteiger partial charge in [-0.3, -0.25) is 13.9 Å². The van der Waals surface area contributed by atoms with Gasteiger partial charge in [0, 0.05) is 42.0 Å². The molecular formula is C34H41Cl2N3O4S. The predicted molar refractivity (Wildman–Crippen MR) is 179 cm³/mol. The van der Waals surface area contributed by atoms with Crippen LogP contribution in [-0.4, -0.2) is 50.0 Å². The largest absolute Gasteiger partial charge is 0.352 e. The van der Waals surface area contributed by atoms with E-state index in [-0.39, 0.29) is 43.8 Å². The lowest BCUT2D eigenvalue weighted by Crippen LogP contribution is -2.52. The van der Waals surface area contributed by atoms with Crippen molar-refractivity contribution in [2.75, 3.05) is 17.1 Å². The quantitative estimate of drug-likeness (QED) is 0.218. The van der Waals surface area contributed by atoms with Gasteiger partial charge in [-0.05, 0) is 79.6 Å². The third-order valence-electron chi connectivity index (χ3n) is 7.98. The van der Waals surface area contributed by atoms with E-state index in [9.17, 15) is 18.0 Å². The Labute approximate surface area is 271 Å². The Bertz CT molecular complexity index is 1540. The topological polar surface area (TPSA) is 86.8 Å². The second-order valence-electron chi connectivity index (χ2n) is 11.7. The molecule has 0 spiro atoms. The summed E-state index contributed by atoms with van der Waals surface area (Å²) in [5.74, 6) is -0.459. The number of sulfonamides is 1. The summed E-state index contributed by atoms with van der Waals surface area (Å²) in [6.07, 6.45) is 5.78. The van der Waals surface area contributed by atoms with E-state index in [1.165, 1.54) is 10.6 Å². The molecule has 10 heteroatoms. The van der Waals surface area contributed by atoms with Gasteiger partial charge in [-0.15, -0.1) is 0 Å². The minimum absolute atomic E-state index is 0.0457. The molecule has 1 aliphatic carbocycles. The third-order valence-corrected chi connectivity index (χ3v) is 9.76. The molecule has 0 saturated heterocycles. The van der Waals surface area contributed by atoms with Crippen LogP contribution in [0, 0.1) is 13.8 Å². The van der Waals surface area contributed by atoms with Gasteiger partial charge in [0.25, 0.3) is 0 Å². The van der Waals surface area contributed by atoms with E-state index in [0.29, 0.717) is 27.7 Å². The Morgan fingerprint density at radius 1 is 0.955 bits per heavy atom. The van der Waals surface area contributed by atoms with Crippen LogP contribution in [0.4, 0.5) is 5.69 Å². The first-order chi connectivity index (χ1) is 20.9. The molecular weight excluding hydrogens is 617 g/mol. The first-order valence-corrected chi connectivity index (χ1v) is 17.6. The number of hydrogen-bond donors (Lipinski definition) is 1. The first kappa shape index (κ1) is 33.8. The van der Waals surface area contributed by atoms with Crippen LogP contribution >= 0.6 is 23.2 Å². The van der Waals surface area contributed by atoms with E-state index in [2.05, 4.69) is 5.32 Å². The van der Waals surface area contributed by atoms with Crippen molar-refractivity contribution in [3.05, 3.63) is 99.0 Å². The van der Waals surface area contributed by atoms with Crippen LogP contribution in [-0.2, 0) is 32.6 Å². The Kier molecular flexibility index (Phi) is 11.7. The van der Waals surface area contributed by atoms with Gasteiger partial charge in [0.2, 0.25) is 21.8 Å². The molecule has 0 bridgehead atoms. The number of carbonyl (C=O) groups excluding carboxylic acids is 2. The summed E-state index contributed by atoms with van der Waals surface area (Å²) in [7, 11) is -3.60. The summed E-state index contributed by atoms with van der Waals surface area (Å²) in [6, 6.07) is 19.7. The van der Waals surface area contributed by atoms with E-state index in [0.717, 1.165) is 42.4 Å². The fourth-order valence-electron chi connectivity index (χ4n) is 5.85. The van der Waals surface area contributed by atoms with Gasteiger partial charge in [-0.2, -0.15) is 0 Å². The van der Waals surface area contributed by atoms with Crippen molar-refractivity contribution in [3.63, 3.8) is 0 Å².